The van der Waals surface area contributed by atoms with Crippen LogP contribution in [0.5, 0.6) is 0 Å². The van der Waals surface area contributed by atoms with Crippen molar-refractivity contribution < 1.29 is 9.59 Å². The summed E-state index contributed by atoms with van der Waals surface area (Å²) in [4.78, 5) is 26.6. The van der Waals surface area contributed by atoms with E-state index in [9.17, 15) is 9.59 Å². The highest BCUT2D eigenvalue weighted by molar-refractivity contribution is 6.04. The second-order valence-corrected chi connectivity index (χ2v) is 6.86. The van der Waals surface area contributed by atoms with Gasteiger partial charge in [0.15, 0.2) is 0 Å². The fourth-order valence-electron chi connectivity index (χ4n) is 2.57. The van der Waals surface area contributed by atoms with Crippen molar-refractivity contribution in [2.75, 3.05) is 25.5 Å². The largest absolute Gasteiger partial charge is 0.352 e. The molecule has 0 aliphatic heterocycles. The van der Waals surface area contributed by atoms with Crippen LogP contribution in [0.1, 0.15) is 29.8 Å². The Labute approximate surface area is 155 Å². The lowest BCUT2D eigenvalue weighted by Gasteiger charge is -2.17. The van der Waals surface area contributed by atoms with Crippen LogP contribution in [0.4, 0.5) is 5.69 Å². The zero-order valence-corrected chi connectivity index (χ0v) is 15.7. The number of nitrogens with zero attached hydrogens (tertiary/aromatic N) is 1. The Hall–Kier alpha value is -2.66. The zero-order valence-electron chi connectivity index (χ0n) is 15.7. The van der Waals surface area contributed by atoms with Crippen molar-refractivity contribution in [1.82, 2.24) is 10.2 Å². The Morgan fingerprint density at radius 1 is 1.00 bits per heavy atom. The van der Waals surface area contributed by atoms with Crippen molar-refractivity contribution in [3.05, 3.63) is 65.7 Å². The van der Waals surface area contributed by atoms with E-state index in [1.807, 2.05) is 62.2 Å². The molecule has 0 saturated heterocycles. The van der Waals surface area contributed by atoms with Crippen LogP contribution in [0.15, 0.2) is 54.6 Å². The van der Waals surface area contributed by atoms with Crippen molar-refractivity contribution in [2.24, 2.45) is 5.92 Å². The van der Waals surface area contributed by atoms with E-state index in [4.69, 9.17) is 0 Å². The van der Waals surface area contributed by atoms with Crippen molar-refractivity contribution in [3.8, 4) is 0 Å². The maximum atomic E-state index is 12.4. The zero-order chi connectivity index (χ0) is 18.9. The highest BCUT2D eigenvalue weighted by Crippen LogP contribution is 2.15. The Morgan fingerprint density at radius 2 is 1.65 bits per heavy atom. The molecule has 2 aromatic rings. The summed E-state index contributed by atoms with van der Waals surface area (Å²) in [6.07, 6.45) is 0. The lowest BCUT2D eigenvalue weighted by Crippen LogP contribution is -2.31. The van der Waals surface area contributed by atoms with E-state index < -0.39 is 0 Å². The summed E-state index contributed by atoms with van der Waals surface area (Å²) in [7, 11) is 1.90. The van der Waals surface area contributed by atoms with E-state index in [1.165, 1.54) is 0 Å². The highest BCUT2D eigenvalue weighted by atomic mass is 16.2. The molecular weight excluding hydrogens is 326 g/mol. The van der Waals surface area contributed by atoms with E-state index >= 15 is 0 Å². The van der Waals surface area contributed by atoms with E-state index in [1.54, 1.807) is 18.2 Å². The van der Waals surface area contributed by atoms with Gasteiger partial charge >= 0.3 is 0 Å². The second kappa shape index (κ2) is 9.73. The maximum absolute atomic E-state index is 12.4. The van der Waals surface area contributed by atoms with Gasteiger partial charge < -0.3 is 10.6 Å². The van der Waals surface area contributed by atoms with Gasteiger partial charge in [-0.2, -0.15) is 0 Å². The van der Waals surface area contributed by atoms with Crippen LogP contribution in [-0.4, -0.2) is 36.9 Å². The number of anilines is 1. The summed E-state index contributed by atoms with van der Waals surface area (Å²) in [5, 5.41) is 5.74. The molecular formula is C21H27N3O2. The van der Waals surface area contributed by atoms with Crippen LogP contribution in [0.25, 0.3) is 0 Å². The number of likely N-dealkylation sites (N-methyl/N-ethyl adjacent to an activating group) is 1. The molecule has 0 aliphatic rings. The number of hydrogen-bond acceptors (Lipinski definition) is 3. The van der Waals surface area contributed by atoms with Gasteiger partial charge in [-0.1, -0.05) is 56.3 Å². The van der Waals surface area contributed by atoms with Crippen molar-refractivity contribution >= 4 is 17.5 Å². The summed E-state index contributed by atoms with van der Waals surface area (Å²) in [6.45, 7) is 5.61. The van der Waals surface area contributed by atoms with Crippen LogP contribution in [0, 0.1) is 5.92 Å². The number of para-hydroxylation sites is 1. The van der Waals surface area contributed by atoms with Gasteiger partial charge in [-0.3, -0.25) is 14.5 Å². The number of carbonyl (C=O) groups is 2. The minimum Gasteiger partial charge on any atom is -0.352 e. The van der Waals surface area contributed by atoms with E-state index in [0.29, 0.717) is 30.3 Å². The van der Waals surface area contributed by atoms with Crippen molar-refractivity contribution in [2.45, 2.75) is 20.4 Å². The summed E-state index contributed by atoms with van der Waals surface area (Å²) in [5.74, 6) is 0.0483. The molecule has 0 aliphatic carbocycles. The van der Waals surface area contributed by atoms with Gasteiger partial charge in [-0.15, -0.1) is 0 Å². The summed E-state index contributed by atoms with van der Waals surface area (Å²) >= 11 is 0. The molecule has 26 heavy (non-hydrogen) atoms. The lowest BCUT2D eigenvalue weighted by atomic mass is 10.1. The Kier molecular flexibility index (Phi) is 7.36. The number of hydrogen-bond donors (Lipinski definition) is 2. The van der Waals surface area contributed by atoms with Gasteiger partial charge in [-0.05, 0) is 30.7 Å². The van der Waals surface area contributed by atoms with Crippen molar-refractivity contribution in [1.29, 1.82) is 0 Å². The highest BCUT2D eigenvalue weighted by Gasteiger charge is 2.14. The summed E-state index contributed by atoms with van der Waals surface area (Å²) in [5.41, 5.74) is 2.16. The van der Waals surface area contributed by atoms with E-state index in [0.717, 1.165) is 5.56 Å². The van der Waals surface area contributed by atoms with Crippen LogP contribution < -0.4 is 10.6 Å². The molecule has 0 bridgehead atoms. The predicted molar refractivity (Wildman–Crippen MR) is 105 cm³/mol. The molecule has 0 atom stereocenters. The van der Waals surface area contributed by atoms with Gasteiger partial charge in [0.2, 0.25) is 5.91 Å². The van der Waals surface area contributed by atoms with Crippen LogP contribution in [0.3, 0.4) is 0 Å². The molecule has 0 aromatic heterocycles. The fourth-order valence-corrected chi connectivity index (χ4v) is 2.57. The average Bonchev–Trinajstić information content (AvgIpc) is 2.60. The van der Waals surface area contributed by atoms with Crippen LogP contribution in [-0.2, 0) is 11.3 Å². The quantitative estimate of drug-likeness (QED) is 0.766. The minimum atomic E-state index is -0.174. The molecule has 2 N–H and O–H groups in total. The molecule has 2 aromatic carbocycles. The standard InChI is InChI=1S/C21H27N3O2/c1-16(2)13-22-21(26)18-11-7-8-12-19(18)23-20(25)15-24(3)14-17-9-5-4-6-10-17/h4-12,16H,13-15H2,1-3H3,(H,22,26)(H,23,25). The predicted octanol–water partition coefficient (Wildman–Crippen LogP) is 3.14. The first-order valence-corrected chi connectivity index (χ1v) is 8.85. The second-order valence-electron chi connectivity index (χ2n) is 6.86. The Balaban J connectivity index is 1.95. The van der Waals surface area contributed by atoms with Crippen LogP contribution in [0.2, 0.25) is 0 Å². The Bertz CT molecular complexity index is 729. The van der Waals surface area contributed by atoms with E-state index in [-0.39, 0.29) is 18.4 Å². The fraction of sp³-hybridized carbons (Fsp3) is 0.333. The number of amides is 2. The first kappa shape index (κ1) is 19.7. The minimum absolute atomic E-state index is 0.146. The molecule has 0 unspecified atom stereocenters. The third-order valence-electron chi connectivity index (χ3n) is 3.83. The molecule has 0 fully saturated rings. The number of carbonyl (C=O) groups excluding carboxylic acids is 2. The Morgan fingerprint density at radius 3 is 2.35 bits per heavy atom. The molecule has 0 saturated carbocycles. The van der Waals surface area contributed by atoms with Gasteiger partial charge in [0.25, 0.3) is 5.91 Å². The monoisotopic (exact) mass is 353 g/mol. The number of nitrogens with one attached hydrogen (secondary N) is 2. The molecule has 0 spiro atoms. The molecule has 0 heterocycles. The van der Waals surface area contributed by atoms with Crippen LogP contribution >= 0.6 is 0 Å². The topological polar surface area (TPSA) is 61.4 Å². The number of benzene rings is 2. The lowest BCUT2D eigenvalue weighted by molar-refractivity contribution is -0.117. The van der Waals surface area contributed by atoms with Crippen molar-refractivity contribution in [3.63, 3.8) is 0 Å². The van der Waals surface area contributed by atoms with E-state index in [2.05, 4.69) is 10.6 Å². The third kappa shape index (κ3) is 6.33. The van der Waals surface area contributed by atoms with Gasteiger partial charge in [0.05, 0.1) is 17.8 Å². The SMILES string of the molecule is CC(C)CNC(=O)c1ccccc1NC(=O)CN(C)Cc1ccccc1. The molecule has 5 nitrogen and oxygen atoms in total. The molecule has 5 heteroatoms. The first-order valence-electron chi connectivity index (χ1n) is 8.85. The van der Waals surface area contributed by atoms with Gasteiger partial charge in [0.1, 0.15) is 0 Å². The average molecular weight is 353 g/mol. The normalized spacial score (nSPS) is 10.8. The van der Waals surface area contributed by atoms with Gasteiger partial charge in [-0.25, -0.2) is 0 Å². The molecule has 2 rings (SSSR count). The molecule has 2 amide bonds. The smallest absolute Gasteiger partial charge is 0.253 e. The summed E-state index contributed by atoms with van der Waals surface area (Å²) in [6, 6.07) is 17.1. The maximum Gasteiger partial charge on any atom is 0.253 e. The third-order valence-corrected chi connectivity index (χ3v) is 3.83. The molecule has 0 radical (unpaired) electrons. The number of rotatable bonds is 8. The first-order chi connectivity index (χ1) is 12.5. The van der Waals surface area contributed by atoms with Gasteiger partial charge in [0, 0.05) is 13.1 Å². The molecule has 138 valence electrons. The summed E-state index contributed by atoms with van der Waals surface area (Å²) < 4.78 is 0.